The molecule has 144 valence electrons. The maximum Gasteiger partial charge on any atom is 0.282 e. The van der Waals surface area contributed by atoms with Crippen molar-refractivity contribution in [2.45, 2.75) is 32.0 Å². The van der Waals surface area contributed by atoms with Crippen molar-refractivity contribution in [3.05, 3.63) is 66.0 Å². The summed E-state index contributed by atoms with van der Waals surface area (Å²) in [5.41, 5.74) is 1.77. The van der Waals surface area contributed by atoms with Crippen LogP contribution in [0.3, 0.4) is 0 Å². The van der Waals surface area contributed by atoms with Crippen molar-refractivity contribution in [3.8, 4) is 0 Å². The highest BCUT2D eigenvalue weighted by Crippen LogP contribution is 2.18. The molecule has 1 aliphatic heterocycles. The Morgan fingerprint density at radius 1 is 1.07 bits per heavy atom. The van der Waals surface area contributed by atoms with E-state index in [4.69, 9.17) is 0 Å². The van der Waals surface area contributed by atoms with Crippen LogP contribution in [0.25, 0.3) is 0 Å². The summed E-state index contributed by atoms with van der Waals surface area (Å²) in [4.78, 5) is 15.5. The fourth-order valence-electron chi connectivity index (χ4n) is 3.11. The molecule has 0 aliphatic carbocycles. The minimum atomic E-state index is -3.71. The third kappa shape index (κ3) is 5.12. The zero-order valence-corrected chi connectivity index (χ0v) is 16.1. The van der Waals surface area contributed by atoms with Crippen molar-refractivity contribution in [3.63, 3.8) is 0 Å². The highest BCUT2D eigenvalue weighted by Gasteiger charge is 2.32. The first-order chi connectivity index (χ1) is 12.9. The number of carbonyl (C=O) groups excluding carboxylic acids is 1. The van der Waals surface area contributed by atoms with Gasteiger partial charge in [0, 0.05) is 51.5 Å². The van der Waals surface area contributed by atoms with Crippen molar-refractivity contribution in [1.82, 2.24) is 18.9 Å². The van der Waals surface area contributed by atoms with Crippen molar-refractivity contribution >= 4 is 16.1 Å². The topological polar surface area (TPSA) is 82.6 Å². The van der Waals surface area contributed by atoms with Crippen molar-refractivity contribution in [1.29, 1.82) is 0 Å². The minimum absolute atomic E-state index is 0.0288. The molecule has 0 radical (unpaired) electrons. The maximum atomic E-state index is 13.2. The molecule has 0 spiro atoms. The Hall–Kier alpha value is -2.29. The molecule has 0 bridgehead atoms. The Bertz CT molecular complexity index is 859. The smallest absolute Gasteiger partial charge is 0.282 e. The summed E-state index contributed by atoms with van der Waals surface area (Å²) < 4.78 is 29.2. The number of nitrogens with zero attached hydrogens (tertiary/aromatic N) is 3. The van der Waals surface area contributed by atoms with Crippen LogP contribution < -0.4 is 5.32 Å². The first-order valence-electron chi connectivity index (χ1n) is 8.89. The highest BCUT2D eigenvalue weighted by atomic mass is 32.2. The van der Waals surface area contributed by atoms with Gasteiger partial charge in [0.15, 0.2) is 0 Å². The van der Waals surface area contributed by atoms with Gasteiger partial charge in [-0.3, -0.25) is 9.78 Å². The number of amides is 1. The third-order valence-corrected chi connectivity index (χ3v) is 6.43. The highest BCUT2D eigenvalue weighted by molar-refractivity contribution is 7.86. The average Bonchev–Trinajstić information content (AvgIpc) is 3.07. The Labute approximate surface area is 160 Å². The standard InChI is InChI=1S/C19H24N4O3S/c1-22(13-16-5-3-2-4-6-16)27(25,26)23(14-17-9-11-20-12-10-17)15-18-7-8-19(24)21-18/h2-6,9-12,18H,7-8,13-15H2,1H3,(H,21,24)/t18-/m0/s1. The van der Waals surface area contributed by atoms with E-state index in [9.17, 15) is 13.2 Å². The summed E-state index contributed by atoms with van der Waals surface area (Å²) in [6, 6.07) is 12.9. The molecule has 1 N–H and O–H groups in total. The van der Waals surface area contributed by atoms with E-state index < -0.39 is 10.2 Å². The minimum Gasteiger partial charge on any atom is -0.352 e. The van der Waals surface area contributed by atoms with Crippen LogP contribution in [0.4, 0.5) is 0 Å². The van der Waals surface area contributed by atoms with E-state index in [1.165, 1.54) is 8.61 Å². The monoisotopic (exact) mass is 388 g/mol. The van der Waals surface area contributed by atoms with Gasteiger partial charge in [-0.25, -0.2) is 0 Å². The Balaban J connectivity index is 1.79. The SMILES string of the molecule is CN(Cc1ccccc1)S(=O)(=O)N(Cc1ccncc1)C[C@@H]1CCC(=O)N1. The van der Waals surface area contributed by atoms with Gasteiger partial charge in [0.25, 0.3) is 10.2 Å². The molecule has 1 aliphatic rings. The predicted octanol–water partition coefficient (Wildman–Crippen LogP) is 1.54. The molecule has 0 saturated carbocycles. The van der Waals surface area contributed by atoms with Gasteiger partial charge in [-0.1, -0.05) is 30.3 Å². The molecule has 1 aromatic carbocycles. The van der Waals surface area contributed by atoms with Gasteiger partial charge < -0.3 is 5.32 Å². The van der Waals surface area contributed by atoms with Crippen molar-refractivity contribution in [2.75, 3.05) is 13.6 Å². The molecule has 7 nitrogen and oxygen atoms in total. The van der Waals surface area contributed by atoms with Gasteiger partial charge in [-0.15, -0.1) is 0 Å². The molecule has 1 fully saturated rings. The molecule has 3 rings (SSSR count). The van der Waals surface area contributed by atoms with Crippen molar-refractivity contribution in [2.24, 2.45) is 0 Å². The lowest BCUT2D eigenvalue weighted by Crippen LogP contribution is -2.46. The van der Waals surface area contributed by atoms with Crippen LogP contribution in [0, 0.1) is 0 Å². The van der Waals surface area contributed by atoms with E-state index in [1.807, 2.05) is 30.3 Å². The molecule has 8 heteroatoms. The van der Waals surface area contributed by atoms with Crippen LogP contribution in [0.2, 0.25) is 0 Å². The average molecular weight is 388 g/mol. The molecule has 1 aromatic heterocycles. The van der Waals surface area contributed by atoms with E-state index in [0.29, 0.717) is 12.8 Å². The normalized spacial score (nSPS) is 17.4. The quantitative estimate of drug-likeness (QED) is 0.744. The van der Waals surface area contributed by atoms with Crippen LogP contribution in [-0.2, 0) is 28.1 Å². The summed E-state index contributed by atoms with van der Waals surface area (Å²) in [5.74, 6) is -0.0288. The fourth-order valence-corrected chi connectivity index (χ4v) is 4.50. The number of benzene rings is 1. The first kappa shape index (κ1) is 19.5. The molecular weight excluding hydrogens is 364 g/mol. The Morgan fingerprint density at radius 3 is 2.37 bits per heavy atom. The van der Waals surface area contributed by atoms with Crippen LogP contribution in [0.5, 0.6) is 0 Å². The van der Waals surface area contributed by atoms with Gasteiger partial charge in [0.2, 0.25) is 5.91 Å². The summed E-state index contributed by atoms with van der Waals surface area (Å²) in [5, 5.41) is 2.85. The fraction of sp³-hybridized carbons (Fsp3) is 0.368. The number of carbonyl (C=O) groups is 1. The second kappa shape index (κ2) is 8.60. The number of hydrogen-bond donors (Lipinski definition) is 1. The Kier molecular flexibility index (Phi) is 6.20. The van der Waals surface area contributed by atoms with Gasteiger partial charge >= 0.3 is 0 Å². The molecule has 2 heterocycles. The Morgan fingerprint density at radius 2 is 1.74 bits per heavy atom. The summed E-state index contributed by atoms with van der Waals surface area (Å²) in [7, 11) is -2.13. The van der Waals surface area contributed by atoms with Crippen LogP contribution >= 0.6 is 0 Å². The second-order valence-electron chi connectivity index (χ2n) is 6.70. The number of pyridine rings is 1. The van der Waals surface area contributed by atoms with Crippen LogP contribution in [0.15, 0.2) is 54.9 Å². The number of hydrogen-bond acceptors (Lipinski definition) is 4. The lowest BCUT2D eigenvalue weighted by Gasteiger charge is -2.29. The van der Waals surface area contributed by atoms with Gasteiger partial charge in [-0.2, -0.15) is 17.0 Å². The largest absolute Gasteiger partial charge is 0.352 e. The molecule has 2 aromatic rings. The van der Waals surface area contributed by atoms with Gasteiger partial charge in [0.05, 0.1) is 0 Å². The van der Waals surface area contributed by atoms with Crippen LogP contribution in [0.1, 0.15) is 24.0 Å². The number of aromatic nitrogens is 1. The molecule has 1 amide bonds. The maximum absolute atomic E-state index is 13.2. The molecular formula is C19H24N4O3S. The number of rotatable bonds is 8. The molecule has 0 unspecified atom stereocenters. The van der Waals surface area contributed by atoms with E-state index in [1.54, 1.807) is 31.6 Å². The third-order valence-electron chi connectivity index (χ3n) is 4.59. The van der Waals surface area contributed by atoms with E-state index in [2.05, 4.69) is 10.3 Å². The molecule has 27 heavy (non-hydrogen) atoms. The van der Waals surface area contributed by atoms with Crippen LogP contribution in [-0.4, -0.2) is 47.6 Å². The lowest BCUT2D eigenvalue weighted by molar-refractivity contribution is -0.119. The van der Waals surface area contributed by atoms with E-state index >= 15 is 0 Å². The van der Waals surface area contributed by atoms with E-state index in [0.717, 1.165) is 11.1 Å². The summed E-state index contributed by atoms with van der Waals surface area (Å²) >= 11 is 0. The summed E-state index contributed by atoms with van der Waals surface area (Å²) in [6.45, 7) is 0.763. The van der Waals surface area contributed by atoms with Crippen molar-refractivity contribution < 1.29 is 13.2 Å². The van der Waals surface area contributed by atoms with E-state index in [-0.39, 0.29) is 31.6 Å². The second-order valence-corrected chi connectivity index (χ2v) is 8.74. The summed E-state index contributed by atoms with van der Waals surface area (Å²) in [6.07, 6.45) is 4.37. The molecule has 1 atom stereocenters. The predicted molar refractivity (Wildman–Crippen MR) is 103 cm³/mol. The van der Waals surface area contributed by atoms with Gasteiger partial charge in [0.1, 0.15) is 0 Å². The molecule has 1 saturated heterocycles. The van der Waals surface area contributed by atoms with Gasteiger partial charge in [-0.05, 0) is 29.7 Å². The first-order valence-corrected chi connectivity index (χ1v) is 10.3. The zero-order valence-electron chi connectivity index (χ0n) is 15.3. The zero-order chi connectivity index (χ0) is 19.3. The number of nitrogens with one attached hydrogen (secondary N) is 1. The lowest BCUT2D eigenvalue weighted by atomic mass is 10.2.